The molecule has 5 nitrogen and oxygen atoms in total. The Balaban J connectivity index is 1.64. The molecule has 0 spiro atoms. The van der Waals surface area contributed by atoms with Crippen molar-refractivity contribution in [2.24, 2.45) is 0 Å². The Morgan fingerprint density at radius 3 is 2.36 bits per heavy atom. The molecular weight excluding hydrogens is 572 g/mol. The van der Waals surface area contributed by atoms with Crippen LogP contribution >= 0.6 is 43.5 Å². The summed E-state index contributed by atoms with van der Waals surface area (Å²) in [5.74, 6) is -1.45. The number of carbonyl (C=O) groups excluding carboxylic acids is 3. The first-order chi connectivity index (χ1) is 15.7. The minimum atomic E-state index is -0.813. The number of aryl methyl sites for hydroxylation is 1. The number of carbonyl (C=O) groups is 3. The fourth-order valence-electron chi connectivity index (χ4n) is 3.42. The van der Waals surface area contributed by atoms with Crippen molar-refractivity contribution in [1.82, 2.24) is 5.32 Å². The molecule has 3 aromatic rings. The molecule has 4 rings (SSSR count). The van der Waals surface area contributed by atoms with Gasteiger partial charge in [-0.05, 0) is 65.9 Å². The van der Waals surface area contributed by atoms with Gasteiger partial charge >= 0.3 is 6.03 Å². The van der Waals surface area contributed by atoms with E-state index in [1.54, 1.807) is 12.1 Å². The second-order valence-corrected chi connectivity index (χ2v) is 9.63. The summed E-state index contributed by atoms with van der Waals surface area (Å²) in [6.45, 7) is 1.82. The van der Waals surface area contributed by atoms with Gasteiger partial charge in [-0.1, -0.05) is 79.9 Å². The monoisotopic (exact) mass is 586 g/mol. The highest BCUT2D eigenvalue weighted by Gasteiger charge is 2.37. The van der Waals surface area contributed by atoms with E-state index in [1.165, 1.54) is 12.1 Å². The highest BCUT2D eigenvalue weighted by Crippen LogP contribution is 2.29. The van der Waals surface area contributed by atoms with Crippen LogP contribution in [0.5, 0.6) is 0 Å². The predicted octanol–water partition coefficient (Wildman–Crippen LogP) is 6.43. The molecule has 1 aliphatic heterocycles. The zero-order valence-corrected chi connectivity index (χ0v) is 21.3. The van der Waals surface area contributed by atoms with Crippen molar-refractivity contribution in [3.8, 4) is 0 Å². The summed E-state index contributed by atoms with van der Waals surface area (Å²) in [6, 6.07) is 17.6. The number of nitrogens with one attached hydrogen (secondary N) is 1. The van der Waals surface area contributed by atoms with E-state index < -0.39 is 17.8 Å². The highest BCUT2D eigenvalue weighted by molar-refractivity contribution is 9.10. The van der Waals surface area contributed by atoms with Crippen molar-refractivity contribution in [3.05, 3.63) is 102 Å². The van der Waals surface area contributed by atoms with Crippen LogP contribution in [0, 0.1) is 6.92 Å². The van der Waals surface area contributed by atoms with Gasteiger partial charge in [-0.3, -0.25) is 14.9 Å². The van der Waals surface area contributed by atoms with Gasteiger partial charge in [-0.15, -0.1) is 0 Å². The lowest BCUT2D eigenvalue weighted by Gasteiger charge is -2.26. The molecule has 33 heavy (non-hydrogen) atoms. The maximum absolute atomic E-state index is 13.1. The van der Waals surface area contributed by atoms with E-state index >= 15 is 0 Å². The van der Waals surface area contributed by atoms with Gasteiger partial charge in [0.05, 0.1) is 5.69 Å². The van der Waals surface area contributed by atoms with E-state index in [0.29, 0.717) is 17.0 Å². The smallest absolute Gasteiger partial charge is 0.273 e. The van der Waals surface area contributed by atoms with Gasteiger partial charge in [0.15, 0.2) is 0 Å². The molecule has 1 saturated heterocycles. The normalized spacial score (nSPS) is 15.2. The number of benzene rings is 3. The second-order valence-electron chi connectivity index (χ2n) is 7.51. The van der Waals surface area contributed by atoms with Crippen molar-refractivity contribution >= 4 is 73.1 Å². The first kappa shape index (κ1) is 23.4. The zero-order chi connectivity index (χ0) is 23.7. The molecule has 1 fully saturated rings. The van der Waals surface area contributed by atoms with Crippen molar-refractivity contribution in [2.45, 2.75) is 13.3 Å². The van der Waals surface area contributed by atoms with E-state index in [1.807, 2.05) is 49.4 Å². The average Bonchev–Trinajstić information content (AvgIpc) is 2.76. The molecule has 166 valence electrons. The Morgan fingerprint density at radius 1 is 0.939 bits per heavy atom. The molecule has 3 aromatic carbocycles. The van der Waals surface area contributed by atoms with Crippen LogP contribution in [0.3, 0.4) is 0 Å². The number of hydrogen-bond acceptors (Lipinski definition) is 3. The van der Waals surface area contributed by atoms with Gasteiger partial charge in [-0.25, -0.2) is 9.69 Å². The Bertz CT molecular complexity index is 1340. The molecule has 0 aliphatic carbocycles. The number of amides is 4. The van der Waals surface area contributed by atoms with E-state index in [9.17, 15) is 14.4 Å². The van der Waals surface area contributed by atoms with Crippen molar-refractivity contribution in [2.75, 3.05) is 4.90 Å². The first-order valence-corrected chi connectivity index (χ1v) is 11.9. The molecule has 1 heterocycles. The Labute approximate surface area is 212 Å². The summed E-state index contributed by atoms with van der Waals surface area (Å²) in [5, 5.41) is 2.64. The molecule has 0 aromatic heterocycles. The maximum Gasteiger partial charge on any atom is 0.335 e. The molecule has 0 atom stereocenters. The SMILES string of the molecule is Cc1ccc(N2C(=O)NC(=O)/C(=C\c3ccc(Cc4ccccc4Br)c(Br)c3)C2=O)cc1Cl. The summed E-state index contributed by atoms with van der Waals surface area (Å²) < 4.78 is 1.86. The average molecular weight is 589 g/mol. The molecule has 1 aliphatic rings. The van der Waals surface area contributed by atoms with E-state index in [0.717, 1.165) is 30.5 Å². The summed E-state index contributed by atoms with van der Waals surface area (Å²) in [5.41, 5.74) is 3.79. The molecular formula is C25H17Br2ClN2O3. The number of imide groups is 2. The summed E-state index contributed by atoms with van der Waals surface area (Å²) in [7, 11) is 0. The molecule has 0 bridgehead atoms. The van der Waals surface area contributed by atoms with E-state index in [-0.39, 0.29) is 11.3 Å². The van der Waals surface area contributed by atoms with Crippen LogP contribution in [-0.4, -0.2) is 17.8 Å². The van der Waals surface area contributed by atoms with Gasteiger partial charge in [0, 0.05) is 14.0 Å². The van der Waals surface area contributed by atoms with Crippen LogP contribution in [0.4, 0.5) is 10.5 Å². The molecule has 0 radical (unpaired) electrons. The maximum atomic E-state index is 13.1. The lowest BCUT2D eigenvalue weighted by molar-refractivity contribution is -0.122. The van der Waals surface area contributed by atoms with Crippen LogP contribution in [0.2, 0.25) is 5.02 Å². The second kappa shape index (κ2) is 9.63. The predicted molar refractivity (Wildman–Crippen MR) is 136 cm³/mol. The molecule has 0 unspecified atom stereocenters. The van der Waals surface area contributed by atoms with Gasteiger partial charge in [-0.2, -0.15) is 0 Å². The fourth-order valence-corrected chi connectivity index (χ4v) is 4.56. The third kappa shape index (κ3) is 4.95. The zero-order valence-electron chi connectivity index (χ0n) is 17.4. The number of hydrogen-bond donors (Lipinski definition) is 1. The number of anilines is 1. The van der Waals surface area contributed by atoms with Crippen molar-refractivity contribution in [3.63, 3.8) is 0 Å². The topological polar surface area (TPSA) is 66.5 Å². The number of urea groups is 1. The summed E-state index contributed by atoms with van der Waals surface area (Å²) in [6.07, 6.45) is 2.18. The number of nitrogens with zero attached hydrogens (tertiary/aromatic N) is 1. The van der Waals surface area contributed by atoms with E-state index in [4.69, 9.17) is 11.6 Å². The van der Waals surface area contributed by atoms with Gasteiger partial charge in [0.25, 0.3) is 11.8 Å². The lowest BCUT2D eigenvalue weighted by atomic mass is 10.0. The third-order valence-corrected chi connectivity index (χ3v) is 7.16. The lowest BCUT2D eigenvalue weighted by Crippen LogP contribution is -2.54. The third-order valence-electron chi connectivity index (χ3n) is 5.24. The molecule has 1 N–H and O–H groups in total. The molecule has 0 saturated carbocycles. The molecule has 4 amide bonds. The van der Waals surface area contributed by atoms with Crippen LogP contribution in [0.25, 0.3) is 6.08 Å². The fraction of sp³-hybridized carbons (Fsp3) is 0.0800. The number of halogens is 3. The first-order valence-electron chi connectivity index (χ1n) is 9.94. The largest absolute Gasteiger partial charge is 0.335 e. The highest BCUT2D eigenvalue weighted by atomic mass is 79.9. The summed E-state index contributed by atoms with van der Waals surface area (Å²) in [4.78, 5) is 38.9. The number of barbiturate groups is 1. The van der Waals surface area contributed by atoms with Crippen LogP contribution in [-0.2, 0) is 16.0 Å². The Hall–Kier alpha value is -2.74. The minimum Gasteiger partial charge on any atom is -0.273 e. The van der Waals surface area contributed by atoms with E-state index in [2.05, 4.69) is 37.2 Å². The van der Waals surface area contributed by atoms with Crippen LogP contribution in [0.1, 0.15) is 22.3 Å². The van der Waals surface area contributed by atoms with Gasteiger partial charge in [0.1, 0.15) is 5.57 Å². The minimum absolute atomic E-state index is 0.142. The van der Waals surface area contributed by atoms with Crippen LogP contribution in [0.15, 0.2) is 75.2 Å². The quantitative estimate of drug-likeness (QED) is 0.282. The Morgan fingerprint density at radius 2 is 1.67 bits per heavy atom. The number of rotatable bonds is 4. The van der Waals surface area contributed by atoms with Crippen molar-refractivity contribution < 1.29 is 14.4 Å². The molecule has 8 heteroatoms. The van der Waals surface area contributed by atoms with Crippen molar-refractivity contribution in [1.29, 1.82) is 0 Å². The van der Waals surface area contributed by atoms with Crippen LogP contribution < -0.4 is 10.2 Å². The Kier molecular flexibility index (Phi) is 6.83. The van der Waals surface area contributed by atoms with Gasteiger partial charge in [0.2, 0.25) is 0 Å². The van der Waals surface area contributed by atoms with Gasteiger partial charge < -0.3 is 0 Å². The standard InChI is InChI=1S/C25H17Br2ClN2O3/c1-14-6-9-18(13-22(14)28)30-24(32)19(23(31)29-25(30)33)10-15-7-8-17(21(27)11-15)12-16-4-2-3-5-20(16)26/h2-11,13H,12H2,1H3,(H,29,31,33)/b19-10+. The summed E-state index contributed by atoms with van der Waals surface area (Å²) >= 11 is 13.3.